The zero-order chi connectivity index (χ0) is 20.4. The summed E-state index contributed by atoms with van der Waals surface area (Å²) in [6.07, 6.45) is 3.13. The van der Waals surface area contributed by atoms with Gasteiger partial charge in [-0.1, -0.05) is 11.6 Å². The molecule has 0 N–H and O–H groups in total. The highest BCUT2D eigenvalue weighted by Gasteiger charge is 2.38. The molecule has 3 fully saturated rings. The average Bonchev–Trinajstić information content (AvgIpc) is 2.72. The number of ketones is 1. The summed E-state index contributed by atoms with van der Waals surface area (Å²) in [5, 5.41) is 0.270. The van der Waals surface area contributed by atoms with Gasteiger partial charge in [0.15, 0.2) is 5.78 Å². The first kappa shape index (κ1) is 20.4. The maximum atomic E-state index is 13.1. The molecule has 3 saturated heterocycles. The monoisotopic (exact) mass is 424 g/mol. The number of nitrogens with zero attached hydrogens (tertiary/aromatic N) is 2. The van der Waals surface area contributed by atoms with Gasteiger partial charge in [-0.3, -0.25) is 4.79 Å². The number of ether oxygens (including phenoxy) is 2. The van der Waals surface area contributed by atoms with Gasteiger partial charge in [0, 0.05) is 38.5 Å². The first-order valence-electron chi connectivity index (χ1n) is 10.2. The Bertz CT molecular complexity index is 769. The summed E-state index contributed by atoms with van der Waals surface area (Å²) in [5.74, 6) is 0.680. The Morgan fingerprint density at radius 1 is 1.21 bits per heavy atom. The fourth-order valence-corrected chi connectivity index (χ4v) is 4.66. The lowest BCUT2D eigenvalue weighted by molar-refractivity contribution is -0.140. The van der Waals surface area contributed by atoms with E-state index in [-0.39, 0.29) is 41.3 Å². The smallest absolute Gasteiger partial charge is 0.320 e. The van der Waals surface area contributed by atoms with Crippen LogP contribution in [0.1, 0.15) is 25.7 Å². The number of hydrogen-bond acceptors (Lipinski definition) is 4. The molecule has 3 aliphatic heterocycles. The highest BCUT2D eigenvalue weighted by atomic mass is 35.5. The van der Waals surface area contributed by atoms with Gasteiger partial charge in [0.05, 0.1) is 17.7 Å². The van der Waals surface area contributed by atoms with Crippen molar-refractivity contribution < 1.29 is 23.5 Å². The van der Waals surface area contributed by atoms with E-state index in [1.54, 1.807) is 6.07 Å². The lowest BCUT2D eigenvalue weighted by Gasteiger charge is -2.43. The number of benzene rings is 1. The summed E-state index contributed by atoms with van der Waals surface area (Å²) >= 11 is 6.00. The summed E-state index contributed by atoms with van der Waals surface area (Å²) in [7, 11) is 0. The largest absolute Gasteiger partial charge is 0.492 e. The zero-order valence-electron chi connectivity index (χ0n) is 16.3. The second-order valence-electron chi connectivity index (χ2n) is 8.19. The van der Waals surface area contributed by atoms with Crippen LogP contribution < -0.4 is 4.74 Å². The van der Waals surface area contributed by atoms with E-state index in [1.165, 1.54) is 12.1 Å². The molecule has 1 aromatic rings. The van der Waals surface area contributed by atoms with Crippen LogP contribution in [0.2, 0.25) is 5.02 Å². The number of hydrogen-bond donors (Lipinski definition) is 0. The number of carbonyl (C=O) groups excluding carboxylic acids is 2. The van der Waals surface area contributed by atoms with E-state index < -0.39 is 0 Å². The van der Waals surface area contributed by atoms with Crippen LogP contribution in [0.4, 0.5) is 9.18 Å². The molecule has 1 aromatic carbocycles. The van der Waals surface area contributed by atoms with Gasteiger partial charge >= 0.3 is 6.03 Å². The minimum absolute atomic E-state index is 0.0578. The van der Waals surface area contributed by atoms with Crippen molar-refractivity contribution in [3.05, 3.63) is 29.0 Å². The number of carbonyl (C=O) groups is 2. The van der Waals surface area contributed by atoms with Crippen molar-refractivity contribution in [2.24, 2.45) is 11.8 Å². The van der Waals surface area contributed by atoms with Gasteiger partial charge in [-0.05, 0) is 43.4 Å². The molecule has 0 aliphatic carbocycles. The van der Waals surface area contributed by atoms with Crippen molar-refractivity contribution in [1.82, 2.24) is 9.80 Å². The van der Waals surface area contributed by atoms with E-state index in [0.29, 0.717) is 50.9 Å². The molecule has 0 spiro atoms. The van der Waals surface area contributed by atoms with Crippen LogP contribution in [0.3, 0.4) is 0 Å². The molecule has 3 heterocycles. The average molecular weight is 425 g/mol. The molecule has 0 unspecified atom stereocenters. The molecule has 8 heteroatoms. The number of fused-ring (bicyclic) bond motifs is 1. The Hall–Kier alpha value is -1.86. The molecule has 3 aliphatic rings. The molecule has 2 atom stereocenters. The molecular weight excluding hydrogens is 399 g/mol. The number of halogens is 2. The fraction of sp³-hybridized carbons (Fsp3) is 0.619. The molecule has 2 amide bonds. The first-order valence-corrected chi connectivity index (χ1v) is 10.6. The van der Waals surface area contributed by atoms with Crippen LogP contribution in [-0.4, -0.2) is 67.1 Å². The van der Waals surface area contributed by atoms with Crippen LogP contribution in [0.25, 0.3) is 0 Å². The molecule has 158 valence electrons. The van der Waals surface area contributed by atoms with Crippen LogP contribution >= 0.6 is 11.6 Å². The second-order valence-corrected chi connectivity index (χ2v) is 8.59. The molecule has 4 rings (SSSR count). The predicted molar refractivity (Wildman–Crippen MR) is 106 cm³/mol. The highest BCUT2D eigenvalue weighted by molar-refractivity contribution is 6.32. The topological polar surface area (TPSA) is 59.1 Å². The van der Waals surface area contributed by atoms with Gasteiger partial charge in [0.25, 0.3) is 0 Å². The normalized spacial score (nSPS) is 25.7. The van der Waals surface area contributed by atoms with Crippen molar-refractivity contribution >= 4 is 23.4 Å². The lowest BCUT2D eigenvalue weighted by atomic mass is 9.88. The van der Waals surface area contributed by atoms with E-state index in [1.807, 2.05) is 9.80 Å². The molecule has 29 heavy (non-hydrogen) atoms. The Labute approximate surface area is 174 Å². The minimum Gasteiger partial charge on any atom is -0.492 e. The van der Waals surface area contributed by atoms with Crippen molar-refractivity contribution in [2.75, 3.05) is 39.4 Å². The fourth-order valence-electron chi connectivity index (χ4n) is 4.44. The van der Waals surface area contributed by atoms with Crippen LogP contribution in [0.5, 0.6) is 5.75 Å². The number of rotatable bonds is 3. The number of urea groups is 1. The highest BCUT2D eigenvalue weighted by Crippen LogP contribution is 2.29. The lowest BCUT2D eigenvalue weighted by Crippen LogP contribution is -2.54. The van der Waals surface area contributed by atoms with Gasteiger partial charge in [-0.2, -0.15) is 0 Å². The minimum atomic E-state index is -0.387. The number of Topliss-reactive ketones (excluding diaryl/α,β-unsaturated/α-hetero) is 1. The summed E-state index contributed by atoms with van der Waals surface area (Å²) in [6, 6.07) is 4.17. The van der Waals surface area contributed by atoms with E-state index >= 15 is 0 Å². The summed E-state index contributed by atoms with van der Waals surface area (Å²) in [5.41, 5.74) is 0. The number of amides is 2. The second kappa shape index (κ2) is 8.88. The van der Waals surface area contributed by atoms with Crippen molar-refractivity contribution in [1.29, 1.82) is 0 Å². The standard InChI is InChI=1S/C21H26ClFN2O4/c22-18-10-16(23)1-2-20(18)28-12-14-3-6-24(7-4-14)21(27)25-8-5-19-15(11-25)9-17(26)13-29-19/h1-2,10,14-15,19H,3-9,11-13H2/t15-,19+/m0/s1. The third kappa shape index (κ3) is 4.83. The van der Waals surface area contributed by atoms with Crippen LogP contribution in [-0.2, 0) is 9.53 Å². The molecule has 6 nitrogen and oxygen atoms in total. The van der Waals surface area contributed by atoms with Crippen LogP contribution in [0, 0.1) is 17.7 Å². The van der Waals surface area contributed by atoms with E-state index in [2.05, 4.69) is 0 Å². The maximum Gasteiger partial charge on any atom is 0.320 e. The predicted octanol–water partition coefficient (Wildman–Crippen LogP) is 3.37. The number of likely N-dealkylation sites (tertiary alicyclic amines) is 2. The van der Waals surface area contributed by atoms with Gasteiger partial charge < -0.3 is 19.3 Å². The SMILES string of the molecule is O=C1CO[C@@H]2CCN(C(=O)N3CCC(COc4ccc(F)cc4Cl)CC3)C[C@@H]2C1. The first-order chi connectivity index (χ1) is 14.0. The third-order valence-electron chi connectivity index (χ3n) is 6.14. The summed E-state index contributed by atoms with van der Waals surface area (Å²) in [6.45, 7) is 3.36. The molecule has 0 aromatic heterocycles. The van der Waals surface area contributed by atoms with Gasteiger partial charge in [-0.25, -0.2) is 9.18 Å². The number of piperidine rings is 2. The summed E-state index contributed by atoms with van der Waals surface area (Å²) in [4.78, 5) is 28.3. The maximum absolute atomic E-state index is 13.1. The molecule has 0 radical (unpaired) electrons. The van der Waals surface area contributed by atoms with Crippen LogP contribution in [0.15, 0.2) is 18.2 Å². The summed E-state index contributed by atoms with van der Waals surface area (Å²) < 4.78 is 24.5. The Morgan fingerprint density at radius 3 is 2.72 bits per heavy atom. The Kier molecular flexibility index (Phi) is 6.25. The van der Waals surface area contributed by atoms with E-state index in [4.69, 9.17) is 21.1 Å². The Morgan fingerprint density at radius 2 is 1.97 bits per heavy atom. The van der Waals surface area contributed by atoms with Gasteiger partial charge in [0.1, 0.15) is 18.2 Å². The quantitative estimate of drug-likeness (QED) is 0.746. The van der Waals surface area contributed by atoms with Crippen molar-refractivity contribution in [3.8, 4) is 5.75 Å². The van der Waals surface area contributed by atoms with Crippen molar-refractivity contribution in [2.45, 2.75) is 31.8 Å². The molecule has 0 saturated carbocycles. The van der Waals surface area contributed by atoms with E-state index in [9.17, 15) is 14.0 Å². The Balaban J connectivity index is 1.24. The molecular formula is C21H26ClFN2O4. The molecule has 0 bridgehead atoms. The van der Waals surface area contributed by atoms with Gasteiger partial charge in [-0.15, -0.1) is 0 Å². The van der Waals surface area contributed by atoms with Crippen molar-refractivity contribution in [3.63, 3.8) is 0 Å². The van der Waals surface area contributed by atoms with Gasteiger partial charge in [0.2, 0.25) is 0 Å². The third-order valence-corrected chi connectivity index (χ3v) is 6.43. The van der Waals surface area contributed by atoms with E-state index in [0.717, 1.165) is 19.3 Å². The zero-order valence-corrected chi connectivity index (χ0v) is 17.1.